The maximum atomic E-state index is 15.3. The van der Waals surface area contributed by atoms with Gasteiger partial charge in [-0.05, 0) is 97.2 Å². The third-order valence-electron chi connectivity index (χ3n) is 20.7. The first-order valence-corrected chi connectivity index (χ1v) is 38.7. The molecule has 2 aromatic heterocycles. The second-order valence-electron chi connectivity index (χ2n) is 29.3. The molecule has 0 unspecified atom stereocenters. The van der Waals surface area contributed by atoms with Crippen molar-refractivity contribution in [3.63, 3.8) is 0 Å². The Bertz CT molecular complexity index is 5170. The zero-order valence-corrected chi connectivity index (χ0v) is 68.0. The topological polar surface area (TPSA) is 475 Å². The van der Waals surface area contributed by atoms with E-state index in [-0.39, 0.29) is 95.8 Å². The molecule has 39 heteroatoms. The van der Waals surface area contributed by atoms with Crippen LogP contribution in [0.25, 0.3) is 33.4 Å². The van der Waals surface area contributed by atoms with Crippen molar-refractivity contribution in [3.05, 3.63) is 146 Å². The molecule has 122 heavy (non-hydrogen) atoms. The van der Waals surface area contributed by atoms with Crippen molar-refractivity contribution in [3.8, 4) is 28.3 Å². The number of cyclic esters (lactones) is 1. The molecule has 0 spiro atoms. The van der Waals surface area contributed by atoms with E-state index in [0.29, 0.717) is 11.1 Å². The molecule has 0 radical (unpaired) electrons. The van der Waals surface area contributed by atoms with E-state index in [1.165, 1.54) is 40.7 Å². The van der Waals surface area contributed by atoms with E-state index in [1.54, 1.807) is 13.8 Å². The van der Waals surface area contributed by atoms with E-state index < -0.39 is 218 Å². The lowest BCUT2D eigenvalue weighted by Gasteiger charge is -2.43. The summed E-state index contributed by atoms with van der Waals surface area (Å²) in [7, 11) is 1.94. The first kappa shape index (κ1) is 89.7. The fourth-order valence-corrected chi connectivity index (χ4v) is 15.2. The van der Waals surface area contributed by atoms with Crippen molar-refractivity contribution in [2.75, 3.05) is 39.2 Å². The molecule has 5 aliphatic rings. The number of pyridine rings is 2. The number of halogens is 2. The van der Waals surface area contributed by atoms with Crippen LogP contribution in [0, 0.1) is 11.6 Å². The van der Waals surface area contributed by atoms with Crippen LogP contribution in [0.3, 0.4) is 0 Å². The summed E-state index contributed by atoms with van der Waals surface area (Å²) in [6.45, 7) is 8.64. The quantitative estimate of drug-likeness (QED) is 0.0280. The number of esters is 9. The second-order valence-corrected chi connectivity index (χ2v) is 29.3. The molecule has 0 saturated carbocycles. The van der Waals surface area contributed by atoms with Crippen molar-refractivity contribution in [2.24, 2.45) is 0 Å². The maximum Gasteiger partial charge on any atom is 0.410 e. The summed E-state index contributed by atoms with van der Waals surface area (Å²) in [5, 5.41) is 22.0. The van der Waals surface area contributed by atoms with Crippen LogP contribution in [-0.2, 0) is 151 Å². The molecule has 5 amide bonds. The minimum Gasteiger partial charge on any atom is -0.467 e. The number of ether oxygens (including phenoxy) is 14. The van der Waals surface area contributed by atoms with Crippen LogP contribution in [0.15, 0.2) is 89.7 Å². The van der Waals surface area contributed by atoms with Gasteiger partial charge in [-0.2, -0.15) is 0 Å². The van der Waals surface area contributed by atoms with E-state index in [2.05, 4.69) is 26.3 Å². The Labute approximate surface area is 694 Å². The lowest BCUT2D eigenvalue weighted by atomic mass is 9.86. The smallest absolute Gasteiger partial charge is 0.410 e. The van der Waals surface area contributed by atoms with E-state index >= 15 is 8.78 Å². The number of rotatable bonds is 30. The zero-order chi connectivity index (χ0) is 88.5. The molecule has 12 atom stereocenters. The van der Waals surface area contributed by atoms with Gasteiger partial charge in [-0.15, -0.1) is 0 Å². The lowest BCUT2D eigenvalue weighted by molar-refractivity contribution is -0.282. The monoisotopic (exact) mass is 1700 g/mol. The largest absolute Gasteiger partial charge is 0.467 e. The molecule has 2 fully saturated rings. The van der Waals surface area contributed by atoms with Crippen molar-refractivity contribution >= 4 is 100 Å². The molecule has 1 aliphatic carbocycles. The van der Waals surface area contributed by atoms with E-state index in [9.17, 15) is 77.0 Å². The predicted molar refractivity (Wildman–Crippen MR) is 412 cm³/mol. The third kappa shape index (κ3) is 20.0. The van der Waals surface area contributed by atoms with Crippen LogP contribution in [0.2, 0.25) is 0 Å². The number of anilines is 1. The van der Waals surface area contributed by atoms with Crippen molar-refractivity contribution < 1.29 is 147 Å². The Hall–Kier alpha value is -13.0. The number of fused-ring (bicyclic) bond motifs is 8. The average Bonchev–Trinajstić information content (AvgIpc) is 1.55. The summed E-state index contributed by atoms with van der Waals surface area (Å²) >= 11 is 0. The number of hydrogen-bond donors (Lipinski definition) is 5. The highest BCUT2D eigenvalue weighted by molar-refractivity contribution is 5.94. The van der Waals surface area contributed by atoms with Crippen LogP contribution in [-0.4, -0.2) is 211 Å². The summed E-state index contributed by atoms with van der Waals surface area (Å²) < 4.78 is 109. The number of aliphatic hydroxyl groups is 1. The Kier molecular flexibility index (Phi) is 28.4. The molecule has 0 bridgehead atoms. The fraction of sp³-hybridized carbons (Fsp3) is 0.446. The summed E-state index contributed by atoms with van der Waals surface area (Å²) in [5.74, 6) is -15.2. The molecule has 37 nitrogen and oxygen atoms in total. The van der Waals surface area contributed by atoms with Crippen LogP contribution in [0.1, 0.15) is 139 Å². The molecular formula is C83H89F2N7O30. The van der Waals surface area contributed by atoms with Gasteiger partial charge in [-0.1, -0.05) is 61.5 Å². The van der Waals surface area contributed by atoms with Gasteiger partial charge in [0.1, 0.15) is 31.6 Å². The normalized spacial score (nSPS) is 21.2. The van der Waals surface area contributed by atoms with Gasteiger partial charge in [0.25, 0.3) is 5.56 Å². The summed E-state index contributed by atoms with van der Waals surface area (Å²) in [4.78, 5) is 207. The summed E-state index contributed by atoms with van der Waals surface area (Å²) in [5.41, 5.74) is 1.68. The van der Waals surface area contributed by atoms with Gasteiger partial charge in [0.15, 0.2) is 66.2 Å². The van der Waals surface area contributed by atoms with Gasteiger partial charge < -0.3 is 102 Å². The molecule has 2 saturated heterocycles. The van der Waals surface area contributed by atoms with Gasteiger partial charge in [-0.25, -0.2) is 37.7 Å². The van der Waals surface area contributed by atoms with E-state index in [4.69, 9.17) is 66.3 Å². The summed E-state index contributed by atoms with van der Waals surface area (Å²) in [6.07, 6.45) is -22.4. The average molecular weight is 1700 g/mol. The SMILES string of the molecule is CC[C@@]1(O)C(=O)OCc2c1cc1n(c2=O)Cc2c-1nc1cc(F)c(F)cc1c2CCN(C(=O)OCc1ccc(O[C@@H]2O[C@H](C(=O)OC)[C@@H](OC(C)=O)[C@H](OC(C)=O)[C@H]2OC(C)=O)c(NC(=O)CCNC(=O)[C@H](CCCC(=O)N[C@@H]2O[C@H](C(=O)OC)[C@@H](OC(C)=O)[C@H](OC(C)=O)[C@H]2OC(C)=O)NC(=O)OCC2c3ccccc3-c3ccccc32)c1)C(C)C. The fourth-order valence-electron chi connectivity index (χ4n) is 15.2. The maximum absolute atomic E-state index is 15.3. The second kappa shape index (κ2) is 38.6. The summed E-state index contributed by atoms with van der Waals surface area (Å²) in [6, 6.07) is 19.9. The number of hydrogen-bond acceptors (Lipinski definition) is 31. The Balaban J connectivity index is 0.846. The number of amides is 5. The van der Waals surface area contributed by atoms with Crippen LogP contribution < -0.4 is 31.6 Å². The van der Waals surface area contributed by atoms with Gasteiger partial charge in [0.05, 0.1) is 48.9 Å². The van der Waals surface area contributed by atoms with Crippen molar-refractivity contribution in [1.82, 2.24) is 30.4 Å². The molecule has 4 aromatic carbocycles. The molecule has 6 aromatic rings. The number of benzene rings is 4. The van der Waals surface area contributed by atoms with Gasteiger partial charge >= 0.3 is 65.9 Å². The van der Waals surface area contributed by atoms with Crippen LogP contribution in [0.5, 0.6) is 5.75 Å². The van der Waals surface area contributed by atoms with Crippen LogP contribution >= 0.6 is 0 Å². The number of methoxy groups -OCH3 is 2. The number of nitrogens with one attached hydrogen (secondary N) is 4. The van der Waals surface area contributed by atoms with Crippen LogP contribution in [0.4, 0.5) is 24.1 Å². The Morgan fingerprint density at radius 2 is 1.25 bits per heavy atom. The highest BCUT2D eigenvalue weighted by Gasteiger charge is 2.58. The molecular weight excluding hydrogens is 1610 g/mol. The molecule has 6 heterocycles. The van der Waals surface area contributed by atoms with E-state index in [0.717, 1.165) is 90.1 Å². The number of carbonyl (C=O) groups excluding carboxylic acids is 14. The lowest BCUT2D eigenvalue weighted by Crippen LogP contribution is -2.67. The van der Waals surface area contributed by atoms with Gasteiger partial charge in [0, 0.05) is 102 Å². The Morgan fingerprint density at radius 3 is 1.84 bits per heavy atom. The highest BCUT2D eigenvalue weighted by atomic mass is 19.2. The third-order valence-corrected chi connectivity index (χ3v) is 20.7. The number of aromatic nitrogens is 2. The van der Waals surface area contributed by atoms with E-state index in [1.807, 2.05) is 48.5 Å². The zero-order valence-electron chi connectivity index (χ0n) is 68.0. The Morgan fingerprint density at radius 1 is 0.672 bits per heavy atom. The number of nitrogens with zero attached hydrogens (tertiary/aromatic N) is 3. The van der Waals surface area contributed by atoms with Crippen molar-refractivity contribution in [2.45, 2.75) is 206 Å². The first-order valence-electron chi connectivity index (χ1n) is 38.7. The first-order chi connectivity index (χ1) is 58.0. The number of carbonyl (C=O) groups is 14. The molecule has 650 valence electrons. The molecule has 5 N–H and O–H groups in total. The van der Waals surface area contributed by atoms with Crippen molar-refractivity contribution in [1.29, 1.82) is 0 Å². The molecule has 4 aliphatic heterocycles. The minimum absolute atomic E-state index is 0.00643. The van der Waals surface area contributed by atoms with Gasteiger partial charge in [-0.3, -0.25) is 47.9 Å². The standard InChI is InChI=1S/C83H89F2N7O30/c1-12-83(108)55-32-61-65-52(34-92(61)76(102)54(55)37-111-80(83)105)50(51-31-56(84)57(85)33-59(51)88-65)27-29-91(38(2)3)82(107)113-35-45-24-25-62(120-79-73(119-44(9)98)69(117-42(7)96)68(116-41(6)95)72(122-79)78(104)110-11)60(30-45)87-64(100)26-28-86-74(101)58(89-81(106)112-36-53-48-20-15-13-18-46(48)47-19-14-16-21-49(47)53)22-17-23-63(99)90-75-70(118-43(8)97)66(114-39(4)93)67(115-40(5)94)71(121-75)77(103)109-10/h13-16,18-21,24-25,30-33,38,53,58,66-73,75,79,108H,12,17,22-23,26-29,34-37H2,1-11H3,(H,86,101)(H,87,100)(H,89,106)(H,90,99)/t58-,66-,67-,68-,69-,70+,71-,72-,73+,75+,79+,83-/m0/s1. The number of alkyl carbamates (subject to hydrolysis) is 1. The predicted octanol–water partition coefficient (Wildman–Crippen LogP) is 5.35. The van der Waals surface area contributed by atoms with Gasteiger partial charge in [0.2, 0.25) is 30.1 Å². The molecule has 11 rings (SSSR count). The minimum atomic E-state index is -2.19. The highest BCUT2D eigenvalue weighted by Crippen LogP contribution is 2.46.